The maximum absolute atomic E-state index is 14.0. The minimum absolute atomic E-state index is 0.0260. The SMILES string of the molecule is CCN(c1cc(-c2ccc(CN3CCN(CC(=O)N4CC5(CN(CCCCNc6cccc7c6C(=O)N(C(C=O)CCC(=O)NC)C7=O)C5)C4)CC3)cc2)cc(C(=O)NCc2c(C)cc(C)[nH]c2=O)c1C)C1CCOCC1. The van der Waals surface area contributed by atoms with Crippen LogP contribution in [0.2, 0.25) is 0 Å². The predicted octanol–water partition coefficient (Wildman–Crippen LogP) is 4.75. The van der Waals surface area contributed by atoms with Crippen LogP contribution in [0.5, 0.6) is 0 Å². The van der Waals surface area contributed by atoms with Crippen LogP contribution in [0.15, 0.2) is 65.5 Å². The first-order valence-electron chi connectivity index (χ1n) is 27.6. The number of fused-ring (bicyclic) bond motifs is 1. The number of nitrogens with zero attached hydrogens (tertiary/aromatic N) is 6. The van der Waals surface area contributed by atoms with Gasteiger partial charge in [-0.3, -0.25) is 43.5 Å². The molecule has 77 heavy (non-hydrogen) atoms. The fourth-order valence-corrected chi connectivity index (χ4v) is 12.1. The number of piperazine rings is 1. The van der Waals surface area contributed by atoms with Crippen LogP contribution in [-0.4, -0.2) is 176 Å². The molecule has 1 spiro atoms. The molecule has 4 N–H and O–H groups in total. The molecule has 0 bridgehead atoms. The van der Waals surface area contributed by atoms with Gasteiger partial charge in [0.25, 0.3) is 23.3 Å². The Morgan fingerprint density at radius 3 is 2.29 bits per heavy atom. The number of hydrogen-bond donors (Lipinski definition) is 4. The van der Waals surface area contributed by atoms with Crippen LogP contribution in [0, 0.1) is 26.2 Å². The summed E-state index contributed by atoms with van der Waals surface area (Å²) in [4.78, 5) is 106. The minimum atomic E-state index is -1.01. The number of nitrogens with one attached hydrogen (secondary N) is 4. The molecule has 4 saturated heterocycles. The number of pyridine rings is 1. The van der Waals surface area contributed by atoms with E-state index in [2.05, 4.69) is 77.8 Å². The molecule has 1 atom stereocenters. The number of carbonyl (C=O) groups is 6. The number of hydrogen-bond acceptors (Lipinski definition) is 13. The molecule has 5 amide bonds. The Morgan fingerprint density at radius 1 is 0.870 bits per heavy atom. The Kier molecular flexibility index (Phi) is 17.4. The summed E-state index contributed by atoms with van der Waals surface area (Å²) in [6.45, 7) is 20.1. The standard InChI is InChI=1S/C59H76N10O8/c1-6-68(45-18-26-77-27-19-45)51-30-44(29-48(41(51)4)55(73)62-31-49-39(2)28-40(3)63-56(49)74)43-14-12-42(13-15-43)32-64-22-24-65(25-23-64)33-53(72)67-37-59(38-67)35-66(36-59)21-8-7-20-61-50-11-9-10-47-54(50)58(76)69(57(47)75)46(34-70)16-17-52(71)60-5/h9-15,28-30,34,45-46,61H,6-8,16-27,31-33,35-38H2,1-5H3,(H,60,71)(H,62,73)(H,63,74). The number of rotatable bonds is 22. The highest BCUT2D eigenvalue weighted by Crippen LogP contribution is 2.40. The zero-order chi connectivity index (χ0) is 54.4. The molecule has 1 aromatic heterocycles. The molecule has 410 valence electrons. The Balaban J connectivity index is 0.703. The maximum atomic E-state index is 14.0. The molecule has 5 aliphatic heterocycles. The zero-order valence-electron chi connectivity index (χ0n) is 45.5. The van der Waals surface area contributed by atoms with E-state index in [0.29, 0.717) is 55.4 Å². The number of unbranched alkanes of at least 4 members (excludes halogenated alkanes) is 1. The number of anilines is 2. The van der Waals surface area contributed by atoms with Crippen molar-refractivity contribution in [2.75, 3.05) is 109 Å². The number of H-pyrrole nitrogens is 1. The van der Waals surface area contributed by atoms with E-state index >= 15 is 0 Å². The van der Waals surface area contributed by atoms with E-state index in [1.807, 2.05) is 37.8 Å². The van der Waals surface area contributed by atoms with Crippen LogP contribution in [0.4, 0.5) is 11.4 Å². The second-order valence-electron chi connectivity index (χ2n) is 21.9. The van der Waals surface area contributed by atoms with Gasteiger partial charge in [0.05, 0.1) is 23.7 Å². The molecule has 18 heteroatoms. The highest BCUT2D eigenvalue weighted by atomic mass is 16.5. The molecular weight excluding hydrogens is 977 g/mol. The number of aryl methyl sites for hydroxylation is 2. The van der Waals surface area contributed by atoms with Crippen molar-refractivity contribution in [1.29, 1.82) is 0 Å². The van der Waals surface area contributed by atoms with Crippen molar-refractivity contribution in [3.8, 4) is 11.1 Å². The summed E-state index contributed by atoms with van der Waals surface area (Å²) in [5, 5.41) is 8.90. The molecule has 1 unspecified atom stereocenters. The van der Waals surface area contributed by atoms with Gasteiger partial charge in [-0.15, -0.1) is 0 Å². The van der Waals surface area contributed by atoms with Crippen molar-refractivity contribution in [3.05, 3.63) is 116 Å². The van der Waals surface area contributed by atoms with Crippen LogP contribution in [0.1, 0.15) is 104 Å². The summed E-state index contributed by atoms with van der Waals surface area (Å²) in [7, 11) is 1.50. The number of carbonyl (C=O) groups excluding carboxylic acids is 6. The van der Waals surface area contributed by atoms with E-state index in [0.717, 1.165) is 136 Å². The van der Waals surface area contributed by atoms with Gasteiger partial charge in [0.15, 0.2) is 0 Å². The smallest absolute Gasteiger partial charge is 0.264 e. The number of aromatic nitrogens is 1. The first-order chi connectivity index (χ1) is 37.2. The Labute approximate surface area is 451 Å². The number of likely N-dealkylation sites (tertiary alicyclic amines) is 2. The van der Waals surface area contributed by atoms with Crippen molar-refractivity contribution < 1.29 is 33.5 Å². The summed E-state index contributed by atoms with van der Waals surface area (Å²) < 4.78 is 5.71. The maximum Gasteiger partial charge on any atom is 0.264 e. The molecule has 0 saturated carbocycles. The van der Waals surface area contributed by atoms with Crippen molar-refractivity contribution in [2.45, 2.75) is 91.4 Å². The van der Waals surface area contributed by atoms with Gasteiger partial charge < -0.3 is 45.2 Å². The molecule has 0 aliphatic carbocycles. The topological polar surface area (TPSA) is 200 Å². The number of imide groups is 1. The molecule has 6 heterocycles. The third-order valence-corrected chi connectivity index (χ3v) is 16.5. The van der Waals surface area contributed by atoms with Crippen molar-refractivity contribution in [2.24, 2.45) is 5.41 Å². The highest BCUT2D eigenvalue weighted by Gasteiger charge is 2.52. The minimum Gasteiger partial charge on any atom is -0.384 e. The van der Waals surface area contributed by atoms with Gasteiger partial charge >= 0.3 is 0 Å². The van der Waals surface area contributed by atoms with E-state index in [9.17, 15) is 33.6 Å². The molecule has 5 aliphatic rings. The number of amides is 5. The number of aldehydes is 1. The van der Waals surface area contributed by atoms with Crippen LogP contribution < -0.4 is 26.4 Å². The van der Waals surface area contributed by atoms with E-state index in [4.69, 9.17) is 4.74 Å². The second kappa shape index (κ2) is 24.3. The Hall–Kier alpha value is -6.73. The highest BCUT2D eigenvalue weighted by molar-refractivity contribution is 6.24. The van der Waals surface area contributed by atoms with Crippen molar-refractivity contribution in [1.82, 2.24) is 40.1 Å². The van der Waals surface area contributed by atoms with Gasteiger partial charge in [0, 0.05) is 145 Å². The van der Waals surface area contributed by atoms with Crippen molar-refractivity contribution >= 4 is 47.2 Å². The largest absolute Gasteiger partial charge is 0.384 e. The summed E-state index contributed by atoms with van der Waals surface area (Å²) >= 11 is 0. The van der Waals surface area contributed by atoms with E-state index in [1.54, 1.807) is 18.2 Å². The fraction of sp³-hybridized carbons (Fsp3) is 0.508. The predicted molar refractivity (Wildman–Crippen MR) is 296 cm³/mol. The summed E-state index contributed by atoms with van der Waals surface area (Å²) in [5.74, 6) is -1.32. The first kappa shape index (κ1) is 55.0. The lowest BCUT2D eigenvalue weighted by atomic mass is 9.72. The lowest BCUT2D eigenvalue weighted by Gasteiger charge is -2.60. The molecule has 3 aromatic carbocycles. The molecule has 4 aromatic rings. The van der Waals surface area contributed by atoms with Crippen LogP contribution in [0.25, 0.3) is 11.1 Å². The van der Waals surface area contributed by atoms with Crippen LogP contribution >= 0.6 is 0 Å². The molecule has 4 fully saturated rings. The molecular formula is C59H76N10O8. The average molecular weight is 1050 g/mol. The van der Waals surface area contributed by atoms with Crippen LogP contribution in [0.3, 0.4) is 0 Å². The monoisotopic (exact) mass is 1050 g/mol. The summed E-state index contributed by atoms with van der Waals surface area (Å²) in [5.41, 5.74) is 9.03. The summed E-state index contributed by atoms with van der Waals surface area (Å²) in [6.07, 6.45) is 4.31. The average Bonchev–Trinajstić information content (AvgIpc) is 3.69. The third-order valence-electron chi connectivity index (χ3n) is 16.5. The second-order valence-corrected chi connectivity index (χ2v) is 21.9. The lowest BCUT2D eigenvalue weighted by molar-refractivity contribution is -0.160. The van der Waals surface area contributed by atoms with Crippen molar-refractivity contribution in [3.63, 3.8) is 0 Å². The molecule has 0 radical (unpaired) electrons. The molecule has 18 nitrogen and oxygen atoms in total. The third kappa shape index (κ3) is 12.4. The number of ether oxygens (including phenoxy) is 1. The fourth-order valence-electron chi connectivity index (χ4n) is 12.1. The molecule has 9 rings (SSSR count). The van der Waals surface area contributed by atoms with Gasteiger partial charge in [0.1, 0.15) is 6.29 Å². The quantitative estimate of drug-likeness (QED) is 0.0479. The van der Waals surface area contributed by atoms with Gasteiger partial charge in [-0.2, -0.15) is 0 Å². The number of aromatic amines is 1. The van der Waals surface area contributed by atoms with Crippen LogP contribution in [-0.2, 0) is 32.2 Å². The van der Waals surface area contributed by atoms with E-state index in [-0.39, 0.29) is 59.2 Å². The van der Waals surface area contributed by atoms with Gasteiger partial charge in [-0.05, 0) is 124 Å². The van der Waals surface area contributed by atoms with Gasteiger partial charge in [-0.25, -0.2) is 0 Å². The van der Waals surface area contributed by atoms with E-state index < -0.39 is 17.9 Å². The zero-order valence-corrected chi connectivity index (χ0v) is 45.5. The normalized spacial score (nSPS) is 18.1. The van der Waals surface area contributed by atoms with E-state index in [1.165, 1.54) is 12.6 Å². The van der Waals surface area contributed by atoms with Gasteiger partial charge in [-0.1, -0.05) is 30.3 Å². The lowest BCUT2D eigenvalue weighted by Crippen LogP contribution is -2.73. The summed E-state index contributed by atoms with van der Waals surface area (Å²) in [6, 6.07) is 19.2. The van der Waals surface area contributed by atoms with Gasteiger partial charge in [0.2, 0.25) is 11.8 Å². The Bertz CT molecular complexity index is 2890. The number of benzene rings is 3. The Morgan fingerprint density at radius 2 is 1.60 bits per heavy atom. The first-order valence-corrected chi connectivity index (χ1v) is 27.6.